The fourth-order valence-corrected chi connectivity index (χ4v) is 4.83. The number of aromatic nitrogens is 2. The minimum Gasteiger partial charge on any atom is -0.497 e. The van der Waals surface area contributed by atoms with Crippen LogP contribution in [0.3, 0.4) is 0 Å². The van der Waals surface area contributed by atoms with Crippen LogP contribution in [-0.4, -0.2) is 36.3 Å². The Hall–Kier alpha value is -2.33. The Kier molecular flexibility index (Phi) is 7.54. The number of nitrogens with zero attached hydrogens (tertiary/aromatic N) is 2. The van der Waals surface area contributed by atoms with Gasteiger partial charge in [-0.2, -0.15) is 5.26 Å². The van der Waals surface area contributed by atoms with Gasteiger partial charge in [-0.05, 0) is 88.0 Å². The number of H-pyrrole nitrogens is 1. The van der Waals surface area contributed by atoms with Crippen LogP contribution < -0.4 is 9.47 Å². The quantitative estimate of drug-likeness (QED) is 0.230. The van der Waals surface area contributed by atoms with E-state index in [1.54, 1.807) is 20.1 Å². The number of esters is 1. The highest BCUT2D eigenvalue weighted by Crippen LogP contribution is 2.31. The Labute approximate surface area is 200 Å². The van der Waals surface area contributed by atoms with Gasteiger partial charge >= 0.3 is 5.97 Å². The second kappa shape index (κ2) is 10.1. The van der Waals surface area contributed by atoms with Crippen LogP contribution in [-0.2, 0) is 9.53 Å². The third-order valence-corrected chi connectivity index (χ3v) is 5.64. The molecule has 0 unspecified atom stereocenters. The lowest BCUT2D eigenvalue weighted by atomic mass is 10.1. The monoisotopic (exact) mass is 629 g/mol. The van der Waals surface area contributed by atoms with E-state index >= 15 is 0 Å². The molecule has 9 heteroatoms. The average molecular weight is 629 g/mol. The third-order valence-electron chi connectivity index (χ3n) is 4.04. The van der Waals surface area contributed by atoms with Gasteiger partial charge in [0.15, 0.2) is 6.61 Å². The van der Waals surface area contributed by atoms with Gasteiger partial charge in [0.2, 0.25) is 0 Å². The lowest BCUT2D eigenvalue weighted by Crippen LogP contribution is -2.15. The van der Waals surface area contributed by atoms with Crippen molar-refractivity contribution in [2.24, 2.45) is 0 Å². The number of carbonyl (C=O) groups excluding carboxylic acids is 1. The van der Waals surface area contributed by atoms with E-state index in [1.165, 1.54) is 0 Å². The smallest absolute Gasteiger partial charge is 0.344 e. The molecule has 3 aromatic rings. The van der Waals surface area contributed by atoms with Crippen LogP contribution in [0.4, 0.5) is 0 Å². The molecule has 0 atom stereocenters. The molecule has 0 radical (unpaired) electrons. The first-order valence-electron chi connectivity index (χ1n) is 8.88. The number of nitrogens with one attached hydrogen (secondary N) is 1. The van der Waals surface area contributed by atoms with Gasteiger partial charge in [-0.1, -0.05) is 0 Å². The third kappa shape index (κ3) is 5.23. The van der Waals surface area contributed by atoms with Gasteiger partial charge < -0.3 is 19.2 Å². The van der Waals surface area contributed by atoms with E-state index in [-0.39, 0.29) is 6.61 Å². The lowest BCUT2D eigenvalue weighted by molar-refractivity contribution is -0.145. The Bertz CT molecular complexity index is 1140. The number of hydrogen-bond donors (Lipinski definition) is 1. The van der Waals surface area contributed by atoms with Crippen molar-refractivity contribution in [3.63, 3.8) is 0 Å². The van der Waals surface area contributed by atoms with E-state index in [0.717, 1.165) is 23.7 Å². The number of methoxy groups -OCH3 is 1. The molecule has 0 aliphatic heterocycles. The molecule has 2 aromatic carbocycles. The molecule has 1 heterocycles. The molecule has 30 heavy (non-hydrogen) atoms. The average Bonchev–Trinajstić information content (AvgIpc) is 3.14. The maximum atomic E-state index is 11.5. The molecule has 0 aliphatic rings. The van der Waals surface area contributed by atoms with Crippen LogP contribution >= 0.6 is 45.2 Å². The largest absolute Gasteiger partial charge is 0.497 e. The van der Waals surface area contributed by atoms with Crippen molar-refractivity contribution in [2.45, 2.75) is 6.92 Å². The fourth-order valence-electron chi connectivity index (χ4n) is 2.70. The van der Waals surface area contributed by atoms with E-state index in [2.05, 4.69) is 61.2 Å². The fraction of sp³-hybridized carbons (Fsp3) is 0.190. The molecule has 0 saturated carbocycles. The van der Waals surface area contributed by atoms with E-state index in [0.29, 0.717) is 29.5 Å². The van der Waals surface area contributed by atoms with Crippen LogP contribution in [0, 0.1) is 18.5 Å². The predicted octanol–water partition coefficient (Wildman–Crippen LogP) is 4.79. The highest BCUT2D eigenvalue weighted by atomic mass is 127. The van der Waals surface area contributed by atoms with E-state index in [9.17, 15) is 10.1 Å². The number of rotatable bonds is 7. The number of halogens is 2. The molecular formula is C21H17I2N3O4. The van der Waals surface area contributed by atoms with E-state index in [4.69, 9.17) is 14.2 Å². The zero-order valence-electron chi connectivity index (χ0n) is 16.2. The van der Waals surface area contributed by atoms with Crippen molar-refractivity contribution in [1.29, 1.82) is 5.26 Å². The first-order chi connectivity index (χ1) is 14.4. The van der Waals surface area contributed by atoms with Gasteiger partial charge in [0.05, 0.1) is 37.5 Å². The van der Waals surface area contributed by atoms with Crippen LogP contribution in [0.1, 0.15) is 18.3 Å². The Morgan fingerprint density at radius 3 is 2.63 bits per heavy atom. The first kappa shape index (κ1) is 22.4. The summed E-state index contributed by atoms with van der Waals surface area (Å²) in [4.78, 5) is 19.2. The number of ether oxygens (including phenoxy) is 3. The molecule has 1 aromatic heterocycles. The SMILES string of the molecule is CCOC(=O)COc1c(I)cc(/C=C(/C#N)c2nc3ccc(OC)cc3[nH]2)cc1I. The molecule has 0 aliphatic carbocycles. The second-order valence-electron chi connectivity index (χ2n) is 6.05. The molecular weight excluding hydrogens is 612 g/mol. The number of aromatic amines is 1. The normalized spacial score (nSPS) is 11.2. The van der Waals surface area contributed by atoms with Crippen LogP contribution in [0.25, 0.3) is 22.7 Å². The number of imidazole rings is 1. The minimum atomic E-state index is -0.415. The second-order valence-corrected chi connectivity index (χ2v) is 8.37. The van der Waals surface area contributed by atoms with Crippen molar-refractivity contribution in [2.75, 3.05) is 20.3 Å². The highest BCUT2D eigenvalue weighted by Gasteiger charge is 2.13. The number of nitriles is 1. The lowest BCUT2D eigenvalue weighted by Gasteiger charge is -2.11. The molecule has 7 nitrogen and oxygen atoms in total. The molecule has 0 amide bonds. The van der Waals surface area contributed by atoms with Crippen molar-refractivity contribution in [3.05, 3.63) is 48.9 Å². The summed E-state index contributed by atoms with van der Waals surface area (Å²) >= 11 is 4.28. The number of benzene rings is 2. The van der Waals surface area contributed by atoms with Gasteiger partial charge in [0.1, 0.15) is 23.4 Å². The summed E-state index contributed by atoms with van der Waals surface area (Å²) in [7, 11) is 1.60. The molecule has 154 valence electrons. The Morgan fingerprint density at radius 2 is 2.00 bits per heavy atom. The number of hydrogen-bond acceptors (Lipinski definition) is 6. The number of fused-ring (bicyclic) bond motifs is 1. The minimum absolute atomic E-state index is 0.152. The van der Waals surface area contributed by atoms with Crippen LogP contribution in [0.2, 0.25) is 0 Å². The van der Waals surface area contributed by atoms with Crippen LogP contribution in [0.15, 0.2) is 30.3 Å². The zero-order valence-corrected chi connectivity index (χ0v) is 20.5. The topological polar surface area (TPSA) is 97.2 Å². The van der Waals surface area contributed by atoms with Crippen molar-refractivity contribution in [3.8, 4) is 17.6 Å². The van der Waals surface area contributed by atoms with Crippen LogP contribution in [0.5, 0.6) is 11.5 Å². The standard InChI is InChI=1S/C21H17I2N3O4/c1-3-29-19(27)11-30-20-15(22)7-12(8-16(20)23)6-13(10-24)21-25-17-5-4-14(28-2)9-18(17)26-21/h4-9H,3,11H2,1-2H3,(H,25,26)/b13-6-. The molecule has 3 rings (SSSR count). The van der Waals surface area contributed by atoms with Gasteiger partial charge in [0.25, 0.3) is 0 Å². The van der Waals surface area contributed by atoms with Gasteiger partial charge in [0, 0.05) is 6.07 Å². The van der Waals surface area contributed by atoms with Gasteiger partial charge in [-0.25, -0.2) is 9.78 Å². The summed E-state index contributed by atoms with van der Waals surface area (Å²) in [5.74, 6) is 1.38. The maximum absolute atomic E-state index is 11.5. The summed E-state index contributed by atoms with van der Waals surface area (Å²) in [6.45, 7) is 1.91. The van der Waals surface area contributed by atoms with Crippen molar-refractivity contribution < 1.29 is 19.0 Å². The summed E-state index contributed by atoms with van der Waals surface area (Å²) < 4.78 is 17.4. The molecule has 0 saturated heterocycles. The summed E-state index contributed by atoms with van der Waals surface area (Å²) in [6, 6.07) is 11.5. The first-order valence-corrected chi connectivity index (χ1v) is 11.0. The van der Waals surface area contributed by atoms with Gasteiger partial charge in [-0.3, -0.25) is 0 Å². The maximum Gasteiger partial charge on any atom is 0.344 e. The number of allylic oxidation sites excluding steroid dienone is 1. The zero-order chi connectivity index (χ0) is 21.7. The Morgan fingerprint density at radius 1 is 1.27 bits per heavy atom. The van der Waals surface area contributed by atoms with Crippen molar-refractivity contribution >= 4 is 73.8 Å². The summed E-state index contributed by atoms with van der Waals surface area (Å²) in [5, 5.41) is 9.67. The highest BCUT2D eigenvalue weighted by molar-refractivity contribution is 14.1. The molecule has 0 fully saturated rings. The molecule has 0 bridgehead atoms. The van der Waals surface area contributed by atoms with E-state index < -0.39 is 5.97 Å². The summed E-state index contributed by atoms with van der Waals surface area (Å²) in [6.07, 6.45) is 1.76. The molecule has 1 N–H and O–H groups in total. The molecule has 0 spiro atoms. The Balaban J connectivity index is 1.89. The number of carbonyl (C=O) groups is 1. The summed E-state index contributed by atoms with van der Waals surface area (Å²) in [5.41, 5.74) is 2.76. The van der Waals surface area contributed by atoms with Crippen molar-refractivity contribution in [1.82, 2.24) is 9.97 Å². The van der Waals surface area contributed by atoms with Gasteiger partial charge in [-0.15, -0.1) is 0 Å². The predicted molar refractivity (Wildman–Crippen MR) is 130 cm³/mol. The van der Waals surface area contributed by atoms with E-state index in [1.807, 2.05) is 30.3 Å².